The first-order valence-electron chi connectivity index (χ1n) is 9.43. The van der Waals surface area contributed by atoms with Crippen molar-refractivity contribution in [2.75, 3.05) is 0 Å². The van der Waals surface area contributed by atoms with Crippen molar-refractivity contribution in [1.29, 1.82) is 0 Å². The molecule has 0 aromatic heterocycles. The van der Waals surface area contributed by atoms with Crippen LogP contribution in [0.3, 0.4) is 0 Å². The van der Waals surface area contributed by atoms with Crippen LogP contribution in [-0.4, -0.2) is 5.11 Å². The van der Waals surface area contributed by atoms with Crippen LogP contribution in [0.1, 0.15) is 72.3 Å². The van der Waals surface area contributed by atoms with Gasteiger partial charge in [-0.2, -0.15) is 0 Å². The number of phenolic OH excluding ortho intramolecular Hbond substituents is 1. The van der Waals surface area contributed by atoms with Crippen LogP contribution >= 0.6 is 0 Å². The topological polar surface area (TPSA) is 20.2 Å². The van der Waals surface area contributed by atoms with E-state index < -0.39 is 0 Å². The van der Waals surface area contributed by atoms with Crippen LogP contribution in [0.15, 0.2) is 48.5 Å². The van der Waals surface area contributed by atoms with E-state index in [2.05, 4.69) is 26.8 Å². The zero-order valence-corrected chi connectivity index (χ0v) is 16.1. The second kappa shape index (κ2) is 10.2. The van der Waals surface area contributed by atoms with Gasteiger partial charge in [0.2, 0.25) is 0 Å². The summed E-state index contributed by atoms with van der Waals surface area (Å²) in [5.41, 5.74) is 3.31. The fourth-order valence-electron chi connectivity index (χ4n) is 2.95. The quantitative estimate of drug-likeness (QED) is 0.528. The number of hydrogen-bond acceptors (Lipinski definition) is 1. The first kappa shape index (κ1) is 20.3. The highest BCUT2D eigenvalue weighted by Gasteiger charge is 2.21. The molecule has 0 bridgehead atoms. The van der Waals surface area contributed by atoms with E-state index >= 15 is 0 Å². The minimum atomic E-state index is 0.112. The van der Waals surface area contributed by atoms with E-state index in [1.165, 1.54) is 31.2 Å². The molecule has 0 fully saturated rings. The second-order valence-electron chi connectivity index (χ2n) is 6.79. The molecule has 1 nitrogen and oxygen atoms in total. The number of phenols is 1. The Morgan fingerprint density at radius 1 is 0.875 bits per heavy atom. The van der Waals surface area contributed by atoms with E-state index in [-0.39, 0.29) is 5.41 Å². The van der Waals surface area contributed by atoms with Gasteiger partial charge in [-0.3, -0.25) is 0 Å². The molecule has 0 aliphatic heterocycles. The third kappa shape index (κ3) is 5.70. The van der Waals surface area contributed by atoms with Crippen molar-refractivity contribution >= 4 is 0 Å². The molecule has 132 valence electrons. The Kier molecular flexibility index (Phi) is 8.60. The predicted molar refractivity (Wildman–Crippen MR) is 107 cm³/mol. The number of unbranched alkanes of at least 4 members (excludes halogenated alkanes) is 3. The average Bonchev–Trinajstić information content (AvgIpc) is 2.61. The number of benzene rings is 2. The van der Waals surface area contributed by atoms with Gasteiger partial charge in [-0.1, -0.05) is 103 Å². The summed E-state index contributed by atoms with van der Waals surface area (Å²) < 4.78 is 0. The van der Waals surface area contributed by atoms with Crippen LogP contribution in [-0.2, 0) is 5.41 Å². The molecule has 0 amide bonds. The maximum atomic E-state index is 10.4. The lowest BCUT2D eigenvalue weighted by molar-refractivity contribution is 0.438. The molecule has 0 atom stereocenters. The maximum Gasteiger partial charge on any atom is 0.123 e. The van der Waals surface area contributed by atoms with Gasteiger partial charge in [-0.05, 0) is 29.0 Å². The third-order valence-electron chi connectivity index (χ3n) is 4.52. The summed E-state index contributed by atoms with van der Waals surface area (Å²) in [4.78, 5) is 0. The van der Waals surface area contributed by atoms with Crippen molar-refractivity contribution in [2.45, 2.75) is 72.1 Å². The molecule has 1 N–H and O–H groups in total. The molecule has 0 heterocycles. The number of hydrogen-bond donors (Lipinski definition) is 1. The second-order valence-corrected chi connectivity index (χ2v) is 6.79. The zero-order chi connectivity index (χ0) is 18.0. The smallest absolute Gasteiger partial charge is 0.123 e. The molecule has 0 aliphatic carbocycles. The maximum absolute atomic E-state index is 10.4. The summed E-state index contributed by atoms with van der Waals surface area (Å²) >= 11 is 0. The minimum Gasteiger partial charge on any atom is -0.507 e. The van der Waals surface area contributed by atoms with Crippen LogP contribution < -0.4 is 0 Å². The standard InChI is InChI=1S/C21H28O.C2H6/c1-4-5-6-10-15-21(2,3)18-13-14-19(20(22)16-18)17-11-8-7-9-12-17;1-2/h7-9,11-14,16,22H,4-6,10,15H2,1-3H3;1-2H3. The van der Waals surface area contributed by atoms with Crippen LogP contribution in [0.4, 0.5) is 0 Å². The monoisotopic (exact) mass is 326 g/mol. The van der Waals surface area contributed by atoms with Crippen LogP contribution in [0.2, 0.25) is 0 Å². The third-order valence-corrected chi connectivity index (χ3v) is 4.52. The number of aromatic hydroxyl groups is 1. The Labute approximate surface area is 148 Å². The van der Waals surface area contributed by atoms with E-state index in [1.807, 2.05) is 56.3 Å². The molecule has 0 unspecified atom stereocenters. The lowest BCUT2D eigenvalue weighted by Crippen LogP contribution is -2.16. The predicted octanol–water partition coefficient (Wildman–Crippen LogP) is 7.33. The molecule has 0 aliphatic rings. The van der Waals surface area contributed by atoms with Gasteiger partial charge in [-0.25, -0.2) is 0 Å². The Morgan fingerprint density at radius 2 is 1.54 bits per heavy atom. The zero-order valence-electron chi connectivity index (χ0n) is 16.1. The lowest BCUT2D eigenvalue weighted by atomic mass is 9.79. The summed E-state index contributed by atoms with van der Waals surface area (Å²) in [6.45, 7) is 10.8. The van der Waals surface area contributed by atoms with E-state index in [0.29, 0.717) is 5.75 Å². The average molecular weight is 327 g/mol. The van der Waals surface area contributed by atoms with Gasteiger partial charge in [0.1, 0.15) is 5.75 Å². The highest BCUT2D eigenvalue weighted by atomic mass is 16.3. The molecule has 2 aromatic carbocycles. The van der Waals surface area contributed by atoms with Crippen LogP contribution in [0, 0.1) is 0 Å². The Balaban J connectivity index is 0.00000139. The molecule has 1 heteroatoms. The first-order chi connectivity index (χ1) is 11.5. The van der Waals surface area contributed by atoms with Gasteiger partial charge < -0.3 is 5.11 Å². The van der Waals surface area contributed by atoms with Gasteiger partial charge in [-0.15, -0.1) is 0 Å². The van der Waals surface area contributed by atoms with Crippen molar-refractivity contribution in [3.63, 3.8) is 0 Å². The summed E-state index contributed by atoms with van der Waals surface area (Å²) in [5, 5.41) is 10.4. The summed E-state index contributed by atoms with van der Waals surface area (Å²) in [5.74, 6) is 0.380. The van der Waals surface area contributed by atoms with Gasteiger partial charge in [0.25, 0.3) is 0 Å². The normalized spacial score (nSPS) is 10.9. The fraction of sp³-hybridized carbons (Fsp3) is 0.478. The Hall–Kier alpha value is -1.76. The van der Waals surface area contributed by atoms with Gasteiger partial charge >= 0.3 is 0 Å². The molecule has 0 radical (unpaired) electrons. The fourth-order valence-corrected chi connectivity index (χ4v) is 2.95. The van der Waals surface area contributed by atoms with Gasteiger partial charge in [0, 0.05) is 5.56 Å². The highest BCUT2D eigenvalue weighted by Crippen LogP contribution is 2.36. The van der Waals surface area contributed by atoms with Crippen molar-refractivity contribution in [3.05, 3.63) is 54.1 Å². The molecule has 0 saturated heterocycles. The summed E-state index contributed by atoms with van der Waals surface area (Å²) in [6, 6.07) is 16.2. The van der Waals surface area contributed by atoms with Crippen LogP contribution in [0.25, 0.3) is 11.1 Å². The summed E-state index contributed by atoms with van der Waals surface area (Å²) in [7, 11) is 0. The van der Waals surface area contributed by atoms with Crippen molar-refractivity contribution < 1.29 is 5.11 Å². The number of rotatable bonds is 7. The van der Waals surface area contributed by atoms with Gasteiger partial charge in [0.05, 0.1) is 0 Å². The largest absolute Gasteiger partial charge is 0.507 e. The van der Waals surface area contributed by atoms with Crippen molar-refractivity contribution in [3.8, 4) is 16.9 Å². The molecule has 0 spiro atoms. The van der Waals surface area contributed by atoms with E-state index in [1.54, 1.807) is 0 Å². The minimum absolute atomic E-state index is 0.112. The van der Waals surface area contributed by atoms with E-state index in [9.17, 15) is 5.11 Å². The SMILES string of the molecule is CC.CCCCCCC(C)(C)c1ccc(-c2ccccc2)c(O)c1. The first-order valence-corrected chi connectivity index (χ1v) is 9.43. The summed E-state index contributed by atoms with van der Waals surface area (Å²) in [6.07, 6.45) is 6.30. The Bertz CT molecular complexity index is 584. The van der Waals surface area contributed by atoms with Crippen molar-refractivity contribution in [1.82, 2.24) is 0 Å². The van der Waals surface area contributed by atoms with E-state index in [4.69, 9.17) is 0 Å². The van der Waals surface area contributed by atoms with E-state index in [0.717, 1.165) is 17.5 Å². The van der Waals surface area contributed by atoms with Crippen molar-refractivity contribution in [2.24, 2.45) is 0 Å². The Morgan fingerprint density at radius 3 is 2.12 bits per heavy atom. The molecule has 24 heavy (non-hydrogen) atoms. The molecule has 0 saturated carbocycles. The van der Waals surface area contributed by atoms with Gasteiger partial charge in [0.15, 0.2) is 0 Å². The van der Waals surface area contributed by atoms with Crippen LogP contribution in [0.5, 0.6) is 5.75 Å². The molecular formula is C23H34O. The molecule has 2 rings (SSSR count). The lowest BCUT2D eigenvalue weighted by Gasteiger charge is -2.26. The highest BCUT2D eigenvalue weighted by molar-refractivity contribution is 5.70. The molecule has 2 aromatic rings. The molecular weight excluding hydrogens is 292 g/mol.